The molecule has 5 aromatic rings. The molecule has 0 fully saturated rings. The minimum atomic E-state index is 0.629. The number of para-hydroxylation sites is 1. The molecule has 3 heterocycles. The van der Waals surface area contributed by atoms with Crippen molar-refractivity contribution in [1.29, 1.82) is 0 Å². The van der Waals surface area contributed by atoms with Gasteiger partial charge in [0.15, 0.2) is 11.5 Å². The van der Waals surface area contributed by atoms with Crippen LogP contribution in [0.5, 0.6) is 0 Å². The summed E-state index contributed by atoms with van der Waals surface area (Å²) in [6, 6.07) is 21.7. The van der Waals surface area contributed by atoms with E-state index in [1.54, 1.807) is 12.4 Å². The number of nitrogens with zero attached hydrogens (tertiary/aromatic N) is 4. The fraction of sp³-hybridized carbons (Fsp3) is 0. The van der Waals surface area contributed by atoms with E-state index in [0.717, 1.165) is 33.8 Å². The van der Waals surface area contributed by atoms with E-state index in [-0.39, 0.29) is 0 Å². The van der Waals surface area contributed by atoms with Crippen LogP contribution in [0, 0.1) is 0 Å². The summed E-state index contributed by atoms with van der Waals surface area (Å²) in [6.07, 6.45) is 7.42. The molecule has 0 spiro atoms. The van der Waals surface area contributed by atoms with Gasteiger partial charge in [0.25, 0.3) is 0 Å². The topological polar surface area (TPSA) is 55.1 Å². The first-order chi connectivity index (χ1) is 14.3. The Morgan fingerprint density at radius 2 is 1.52 bits per heavy atom. The molecule has 0 atom stereocenters. The van der Waals surface area contributed by atoms with Crippen molar-refractivity contribution >= 4 is 28.8 Å². The molecule has 0 aliphatic carbocycles. The highest BCUT2D eigenvalue weighted by atomic mass is 35.5. The molecule has 0 radical (unpaired) electrons. The Bertz CT molecular complexity index is 1280. The van der Waals surface area contributed by atoms with E-state index in [4.69, 9.17) is 16.6 Å². The second-order valence-corrected chi connectivity index (χ2v) is 6.94. The Morgan fingerprint density at radius 3 is 2.28 bits per heavy atom. The van der Waals surface area contributed by atoms with Crippen molar-refractivity contribution < 1.29 is 0 Å². The van der Waals surface area contributed by atoms with E-state index >= 15 is 0 Å². The van der Waals surface area contributed by atoms with Gasteiger partial charge >= 0.3 is 0 Å². The van der Waals surface area contributed by atoms with Crippen molar-refractivity contribution in [3.8, 4) is 22.5 Å². The average Bonchev–Trinajstić information content (AvgIpc) is 3.25. The number of pyridine rings is 1. The van der Waals surface area contributed by atoms with Crippen molar-refractivity contribution in [2.75, 3.05) is 5.32 Å². The molecule has 0 saturated carbocycles. The molecule has 0 aliphatic rings. The predicted octanol–water partition coefficient (Wildman–Crippen LogP) is 5.86. The van der Waals surface area contributed by atoms with Gasteiger partial charge < -0.3 is 9.72 Å². The third-order valence-corrected chi connectivity index (χ3v) is 4.97. The number of anilines is 2. The summed E-state index contributed by atoms with van der Waals surface area (Å²) in [4.78, 5) is 13.6. The van der Waals surface area contributed by atoms with Crippen LogP contribution < -0.4 is 5.32 Å². The van der Waals surface area contributed by atoms with Gasteiger partial charge in [-0.25, -0.2) is 9.97 Å². The molecule has 1 N–H and O–H groups in total. The normalized spacial score (nSPS) is 10.9. The number of aromatic nitrogens is 4. The Balaban J connectivity index is 1.55. The highest BCUT2D eigenvalue weighted by Gasteiger charge is 2.11. The van der Waals surface area contributed by atoms with Crippen LogP contribution >= 0.6 is 11.6 Å². The molecule has 140 valence electrons. The molecule has 6 heteroatoms. The summed E-state index contributed by atoms with van der Waals surface area (Å²) in [5, 5.41) is 3.94. The molecule has 0 aliphatic heterocycles. The van der Waals surface area contributed by atoms with Gasteiger partial charge in [-0.15, -0.1) is 0 Å². The van der Waals surface area contributed by atoms with Crippen molar-refractivity contribution in [2.24, 2.45) is 0 Å². The van der Waals surface area contributed by atoms with Crippen LogP contribution in [-0.2, 0) is 0 Å². The lowest BCUT2D eigenvalue weighted by Gasteiger charge is -2.11. The summed E-state index contributed by atoms with van der Waals surface area (Å²) in [7, 11) is 0. The van der Waals surface area contributed by atoms with Crippen LogP contribution in [0.2, 0.25) is 5.02 Å². The Morgan fingerprint density at radius 1 is 0.759 bits per heavy atom. The zero-order valence-electron chi connectivity index (χ0n) is 15.3. The van der Waals surface area contributed by atoms with E-state index in [1.165, 1.54) is 0 Å². The maximum atomic E-state index is 6.31. The first-order valence-electron chi connectivity index (χ1n) is 9.15. The molecule has 0 amide bonds. The largest absolute Gasteiger partial charge is 0.336 e. The minimum Gasteiger partial charge on any atom is -0.336 e. The van der Waals surface area contributed by atoms with Crippen LogP contribution in [-0.4, -0.2) is 19.4 Å². The summed E-state index contributed by atoms with van der Waals surface area (Å²) >= 11 is 6.31. The Labute approximate surface area is 172 Å². The number of imidazole rings is 1. The number of rotatable bonds is 4. The molecule has 5 rings (SSSR count). The molecule has 0 saturated heterocycles. The van der Waals surface area contributed by atoms with Crippen molar-refractivity contribution in [3.05, 3.63) is 96.5 Å². The molecule has 2 aromatic carbocycles. The van der Waals surface area contributed by atoms with E-state index in [0.29, 0.717) is 10.8 Å². The van der Waals surface area contributed by atoms with Gasteiger partial charge in [0, 0.05) is 35.9 Å². The van der Waals surface area contributed by atoms with Crippen LogP contribution in [0.4, 0.5) is 11.5 Å². The van der Waals surface area contributed by atoms with E-state index in [2.05, 4.69) is 27.4 Å². The second kappa shape index (κ2) is 7.37. The summed E-state index contributed by atoms with van der Waals surface area (Å²) < 4.78 is 1.95. The Kier molecular flexibility index (Phi) is 4.42. The standard InChI is InChI=1S/C23H16ClN5/c24-18-5-1-2-7-20(18)27-22-23-26-13-14-29(23)15-21(28-22)17-10-8-16(9-11-17)19-6-3-4-12-25-19/h1-15H,(H,27,28). The number of benzene rings is 2. The van der Waals surface area contributed by atoms with Crippen LogP contribution in [0.1, 0.15) is 0 Å². The van der Waals surface area contributed by atoms with Crippen molar-refractivity contribution in [3.63, 3.8) is 0 Å². The summed E-state index contributed by atoms with van der Waals surface area (Å²) in [6.45, 7) is 0. The predicted molar refractivity (Wildman–Crippen MR) is 116 cm³/mol. The zero-order valence-corrected chi connectivity index (χ0v) is 16.1. The van der Waals surface area contributed by atoms with Gasteiger partial charge in [-0.3, -0.25) is 4.98 Å². The first kappa shape index (κ1) is 17.4. The highest BCUT2D eigenvalue weighted by molar-refractivity contribution is 6.33. The molecule has 0 unspecified atom stereocenters. The second-order valence-electron chi connectivity index (χ2n) is 6.53. The fourth-order valence-corrected chi connectivity index (χ4v) is 3.37. The number of halogens is 1. The van der Waals surface area contributed by atoms with Crippen LogP contribution in [0.3, 0.4) is 0 Å². The lowest BCUT2D eigenvalue weighted by molar-refractivity contribution is 1.13. The number of nitrogens with one attached hydrogen (secondary N) is 1. The van der Waals surface area contributed by atoms with Gasteiger partial charge in [-0.2, -0.15) is 0 Å². The van der Waals surface area contributed by atoms with Crippen LogP contribution in [0.15, 0.2) is 91.5 Å². The summed E-state index contributed by atoms with van der Waals surface area (Å²) in [5.74, 6) is 0.648. The van der Waals surface area contributed by atoms with Gasteiger partial charge in [-0.1, -0.05) is 54.1 Å². The SMILES string of the molecule is Clc1ccccc1Nc1nc(-c2ccc(-c3ccccn3)cc2)cn2ccnc12. The van der Waals surface area contributed by atoms with E-state index in [9.17, 15) is 0 Å². The molecule has 29 heavy (non-hydrogen) atoms. The molecule has 3 aromatic heterocycles. The van der Waals surface area contributed by atoms with Gasteiger partial charge in [-0.05, 0) is 24.3 Å². The number of fused-ring (bicyclic) bond motifs is 1. The zero-order chi connectivity index (χ0) is 19.6. The fourth-order valence-electron chi connectivity index (χ4n) is 3.19. The van der Waals surface area contributed by atoms with Gasteiger partial charge in [0.1, 0.15) is 0 Å². The Hall–Kier alpha value is -3.70. The van der Waals surface area contributed by atoms with Gasteiger partial charge in [0.05, 0.1) is 22.1 Å². The lowest BCUT2D eigenvalue weighted by atomic mass is 10.1. The molecular weight excluding hydrogens is 382 g/mol. The summed E-state index contributed by atoms with van der Waals surface area (Å²) in [5.41, 5.74) is 5.36. The first-order valence-corrected chi connectivity index (χ1v) is 9.53. The monoisotopic (exact) mass is 397 g/mol. The van der Waals surface area contributed by atoms with E-state index in [1.807, 2.05) is 71.4 Å². The highest BCUT2D eigenvalue weighted by Crippen LogP contribution is 2.29. The maximum absolute atomic E-state index is 6.31. The molecule has 5 nitrogen and oxygen atoms in total. The molecule has 0 bridgehead atoms. The van der Waals surface area contributed by atoms with Gasteiger partial charge in [0.2, 0.25) is 0 Å². The van der Waals surface area contributed by atoms with Crippen molar-refractivity contribution in [2.45, 2.75) is 0 Å². The average molecular weight is 398 g/mol. The smallest absolute Gasteiger partial charge is 0.180 e. The third-order valence-electron chi connectivity index (χ3n) is 4.64. The number of hydrogen-bond acceptors (Lipinski definition) is 4. The number of hydrogen-bond donors (Lipinski definition) is 1. The third kappa shape index (κ3) is 3.44. The lowest BCUT2D eigenvalue weighted by Crippen LogP contribution is -2.00. The molecular formula is C23H16ClN5. The van der Waals surface area contributed by atoms with Crippen molar-refractivity contribution in [1.82, 2.24) is 19.4 Å². The van der Waals surface area contributed by atoms with E-state index < -0.39 is 0 Å². The maximum Gasteiger partial charge on any atom is 0.180 e. The minimum absolute atomic E-state index is 0.629. The quantitative estimate of drug-likeness (QED) is 0.413. The van der Waals surface area contributed by atoms with Crippen LogP contribution in [0.25, 0.3) is 28.2 Å².